The molecular weight excluding hydrogens is 201 g/mol. The minimum absolute atomic E-state index is 0. The minimum Gasteiger partial charge on any atom is -0.822 e. The fourth-order valence-corrected chi connectivity index (χ4v) is 0. The number of rotatable bonds is 0. The minimum atomic E-state index is -5.39. The van der Waals surface area contributed by atoms with Crippen LogP contribution in [0.3, 0.4) is 0 Å². The third-order valence-corrected chi connectivity index (χ3v) is 0. The van der Waals surface area contributed by atoms with E-state index in [4.69, 9.17) is 19.2 Å². The molecule has 0 saturated heterocycles. The monoisotopic (exact) mass is 202 g/mol. The zero-order valence-electron chi connectivity index (χ0n) is 3.99. The summed E-state index contributed by atoms with van der Waals surface area (Å²) >= 11 is 0. The van der Waals surface area contributed by atoms with E-state index in [2.05, 4.69) is 0 Å². The Balaban J connectivity index is -0.0000000267. The van der Waals surface area contributed by atoms with Gasteiger partial charge in [-0.1, -0.05) is 0 Å². The summed E-state index contributed by atoms with van der Waals surface area (Å²) in [7, 11) is -5.39. The number of hydrogen-bond acceptors (Lipinski definition) is 4. The molecule has 0 atom stereocenters. The van der Waals surface area contributed by atoms with Crippen LogP contribution in [0.5, 0.6) is 0 Å². The number of halogens is 1. The fraction of sp³-hybridized carbons (Fsp3) is 0. The molecule has 0 heterocycles. The maximum absolute atomic E-state index is 8.55. The van der Waals surface area contributed by atoms with Crippen LogP contribution in [0.15, 0.2) is 0 Å². The molecular formula is HFKO4PTi+2. The van der Waals surface area contributed by atoms with Gasteiger partial charge < -0.3 is 19.2 Å². The van der Waals surface area contributed by atoms with E-state index in [1.165, 1.54) is 0 Å². The molecule has 0 spiro atoms. The standard InChI is InChI=1S/FH.K.H3O4P.Ti/c;;1-5(2,3)4;/h1H;;(H3,1,2,3,4);/q;+1;;+4/p-3. The van der Waals surface area contributed by atoms with Crippen molar-refractivity contribution in [1.82, 2.24) is 0 Å². The van der Waals surface area contributed by atoms with Crippen molar-refractivity contribution in [2.45, 2.75) is 0 Å². The zero-order chi connectivity index (χ0) is 4.50. The number of phosphoric acid groups is 1. The van der Waals surface area contributed by atoms with Crippen LogP contribution in [0.25, 0.3) is 0 Å². The Hall–Kier alpha value is 2.39. The van der Waals surface area contributed by atoms with Gasteiger partial charge in [-0.2, -0.15) is 7.82 Å². The third kappa shape index (κ3) is 80.2. The summed E-state index contributed by atoms with van der Waals surface area (Å²) in [5.74, 6) is 0. The van der Waals surface area contributed by atoms with Crippen LogP contribution in [0.4, 0.5) is 4.70 Å². The Labute approximate surface area is 103 Å². The van der Waals surface area contributed by atoms with E-state index in [9.17, 15) is 0 Å². The van der Waals surface area contributed by atoms with Gasteiger partial charge in [-0.3, -0.25) is 4.70 Å². The summed E-state index contributed by atoms with van der Waals surface area (Å²) in [5, 5.41) is 0. The van der Waals surface area contributed by atoms with Crippen molar-refractivity contribution in [1.29, 1.82) is 0 Å². The van der Waals surface area contributed by atoms with Crippen LogP contribution in [0, 0.1) is 0 Å². The third-order valence-electron chi connectivity index (χ3n) is 0. The van der Waals surface area contributed by atoms with E-state index in [0.717, 1.165) is 0 Å². The van der Waals surface area contributed by atoms with Gasteiger partial charge in [-0.25, -0.2) is 0 Å². The van der Waals surface area contributed by atoms with Crippen LogP contribution in [-0.4, -0.2) is 0 Å². The fourth-order valence-electron chi connectivity index (χ4n) is 0. The second kappa shape index (κ2) is 9.39. The Morgan fingerprint density at radius 3 is 1.12 bits per heavy atom. The van der Waals surface area contributed by atoms with Gasteiger partial charge in [0.15, 0.2) is 0 Å². The van der Waals surface area contributed by atoms with Gasteiger partial charge >= 0.3 is 73.1 Å². The van der Waals surface area contributed by atoms with Gasteiger partial charge in [0.1, 0.15) is 0 Å². The zero-order valence-corrected chi connectivity index (χ0v) is 9.57. The van der Waals surface area contributed by atoms with E-state index < -0.39 is 7.82 Å². The first-order valence-corrected chi connectivity index (χ1v) is 2.19. The second-order valence-corrected chi connectivity index (χ2v) is 1.34. The Morgan fingerprint density at radius 2 is 1.12 bits per heavy atom. The molecule has 0 aromatic carbocycles. The average molecular weight is 202 g/mol. The largest absolute Gasteiger partial charge is 4.00 e. The van der Waals surface area contributed by atoms with Crippen LogP contribution < -0.4 is 66.1 Å². The van der Waals surface area contributed by atoms with Crippen molar-refractivity contribution >= 4 is 7.82 Å². The van der Waals surface area contributed by atoms with Gasteiger partial charge in [0, 0.05) is 0 Å². The summed E-state index contributed by atoms with van der Waals surface area (Å²) in [5.41, 5.74) is 0. The van der Waals surface area contributed by atoms with Crippen molar-refractivity contribution in [3.8, 4) is 0 Å². The molecule has 0 amide bonds. The average Bonchev–Trinajstić information content (AvgIpc) is 0.722. The summed E-state index contributed by atoms with van der Waals surface area (Å²) in [4.78, 5) is 25.6. The van der Waals surface area contributed by atoms with Gasteiger partial charge in [0.25, 0.3) is 0 Å². The molecule has 4 nitrogen and oxygen atoms in total. The first kappa shape index (κ1) is 22.4. The molecule has 0 rings (SSSR count). The summed E-state index contributed by atoms with van der Waals surface area (Å²) in [6, 6.07) is 0. The molecule has 8 heteroatoms. The maximum atomic E-state index is 8.55. The Kier molecular flexibility index (Phi) is 26.3. The first-order valence-electron chi connectivity index (χ1n) is 0.730. The van der Waals surface area contributed by atoms with Crippen molar-refractivity contribution in [2.24, 2.45) is 0 Å². The Morgan fingerprint density at radius 1 is 1.12 bits per heavy atom. The van der Waals surface area contributed by atoms with Crippen molar-refractivity contribution < 1.29 is 97.1 Å². The molecule has 0 unspecified atom stereocenters. The van der Waals surface area contributed by atoms with Crippen molar-refractivity contribution in [2.75, 3.05) is 0 Å². The van der Waals surface area contributed by atoms with E-state index in [1.54, 1.807) is 0 Å². The topological polar surface area (TPSA) is 86.2 Å². The van der Waals surface area contributed by atoms with Gasteiger partial charge in [0.2, 0.25) is 0 Å². The quantitative estimate of drug-likeness (QED) is 0.289. The summed E-state index contributed by atoms with van der Waals surface area (Å²) < 4.78 is 8.55. The van der Waals surface area contributed by atoms with Gasteiger partial charge in [-0.05, 0) is 0 Å². The molecule has 0 saturated carbocycles. The molecule has 0 aliphatic carbocycles. The molecule has 0 aromatic rings. The van der Waals surface area contributed by atoms with E-state index >= 15 is 0 Å². The van der Waals surface area contributed by atoms with Crippen molar-refractivity contribution in [3.63, 3.8) is 0 Å². The van der Waals surface area contributed by atoms with E-state index in [0.29, 0.717) is 0 Å². The predicted molar refractivity (Wildman–Crippen MR) is 10.1 cm³/mol. The molecule has 0 fully saturated rings. The molecule has 0 N–H and O–H groups in total. The molecule has 0 aliphatic rings. The van der Waals surface area contributed by atoms with Gasteiger partial charge in [-0.15, -0.1) is 0 Å². The van der Waals surface area contributed by atoms with E-state index in [-0.39, 0.29) is 77.8 Å². The molecule has 0 aromatic heterocycles. The number of hydrogen-bond donors (Lipinski definition) is 0. The van der Waals surface area contributed by atoms with Crippen LogP contribution in [-0.2, 0) is 26.3 Å². The van der Waals surface area contributed by atoms with Crippen LogP contribution in [0.2, 0.25) is 0 Å². The first-order chi connectivity index (χ1) is 2.00. The van der Waals surface area contributed by atoms with Crippen molar-refractivity contribution in [3.05, 3.63) is 0 Å². The SMILES string of the molecule is F.O=P([O-])([O-])[O-].[K+].[Ti+4]. The molecule has 0 aliphatic heterocycles. The van der Waals surface area contributed by atoms with Crippen LogP contribution >= 0.6 is 7.82 Å². The predicted octanol–water partition coefficient (Wildman–Crippen LogP) is -5.67. The molecule has 0 radical (unpaired) electrons. The summed E-state index contributed by atoms with van der Waals surface area (Å²) in [6.07, 6.45) is 0. The molecule has 0 bridgehead atoms. The van der Waals surface area contributed by atoms with Gasteiger partial charge in [0.05, 0.1) is 0 Å². The maximum Gasteiger partial charge on any atom is 4.00 e. The van der Waals surface area contributed by atoms with E-state index in [1.807, 2.05) is 0 Å². The molecule has 40 valence electrons. The Bertz CT molecular complexity index is 62.2. The summed E-state index contributed by atoms with van der Waals surface area (Å²) in [6.45, 7) is 0. The smallest absolute Gasteiger partial charge is 0.822 e. The molecule has 8 heavy (non-hydrogen) atoms. The normalized spacial score (nSPS) is 7.38. The van der Waals surface area contributed by atoms with Crippen LogP contribution in [0.1, 0.15) is 0 Å². The second-order valence-electron chi connectivity index (χ2n) is 0.447.